The van der Waals surface area contributed by atoms with E-state index in [1.165, 1.54) is 11.3 Å². The van der Waals surface area contributed by atoms with E-state index in [2.05, 4.69) is 17.9 Å². The van der Waals surface area contributed by atoms with E-state index in [4.69, 9.17) is 11.5 Å². The van der Waals surface area contributed by atoms with Gasteiger partial charge in [-0.15, -0.1) is 0 Å². The highest BCUT2D eigenvalue weighted by molar-refractivity contribution is 5.74. The Labute approximate surface area is 108 Å². The number of nitrogens with zero attached hydrogens (tertiary/aromatic N) is 1. The van der Waals surface area contributed by atoms with Crippen LogP contribution in [0.3, 0.4) is 0 Å². The molecule has 0 bridgehead atoms. The lowest BCUT2D eigenvalue weighted by molar-refractivity contribution is -0.119. The van der Waals surface area contributed by atoms with Crippen LogP contribution in [0.15, 0.2) is 18.2 Å². The molecule has 18 heavy (non-hydrogen) atoms. The van der Waals surface area contributed by atoms with Crippen molar-refractivity contribution in [3.05, 3.63) is 23.8 Å². The van der Waals surface area contributed by atoms with E-state index in [0.717, 1.165) is 31.6 Å². The van der Waals surface area contributed by atoms with Crippen LogP contribution >= 0.6 is 0 Å². The van der Waals surface area contributed by atoms with Gasteiger partial charge in [0.1, 0.15) is 0 Å². The molecule has 0 spiro atoms. The van der Waals surface area contributed by atoms with Crippen LogP contribution in [0, 0.1) is 12.8 Å². The Morgan fingerprint density at radius 1 is 1.33 bits per heavy atom. The molecule has 0 saturated carbocycles. The summed E-state index contributed by atoms with van der Waals surface area (Å²) in [4.78, 5) is 13.2. The zero-order valence-corrected chi connectivity index (χ0v) is 10.9. The minimum Gasteiger partial charge on any atom is -0.399 e. The molecular formula is C14H21N3O. The van der Waals surface area contributed by atoms with Crippen LogP contribution in [-0.4, -0.2) is 19.0 Å². The molecule has 1 saturated heterocycles. The van der Waals surface area contributed by atoms with Gasteiger partial charge in [0, 0.05) is 30.9 Å². The summed E-state index contributed by atoms with van der Waals surface area (Å²) in [5.41, 5.74) is 14.3. The van der Waals surface area contributed by atoms with Gasteiger partial charge >= 0.3 is 0 Å². The molecule has 1 aliphatic rings. The fourth-order valence-electron chi connectivity index (χ4n) is 2.65. The minimum atomic E-state index is -0.187. The number of hydrogen-bond donors (Lipinski definition) is 2. The third-order valence-corrected chi connectivity index (χ3v) is 3.55. The van der Waals surface area contributed by atoms with Crippen molar-refractivity contribution in [2.45, 2.75) is 26.2 Å². The van der Waals surface area contributed by atoms with E-state index in [0.29, 0.717) is 12.3 Å². The van der Waals surface area contributed by atoms with Gasteiger partial charge < -0.3 is 16.4 Å². The molecular weight excluding hydrogens is 226 g/mol. The largest absolute Gasteiger partial charge is 0.399 e. The number of nitrogens with two attached hydrogens (primary N) is 2. The van der Waals surface area contributed by atoms with Crippen LogP contribution in [0.2, 0.25) is 0 Å². The Morgan fingerprint density at radius 3 is 2.56 bits per heavy atom. The predicted molar refractivity (Wildman–Crippen MR) is 74.3 cm³/mol. The minimum absolute atomic E-state index is 0.187. The zero-order valence-electron chi connectivity index (χ0n) is 10.9. The standard InChI is InChI=1S/C14H21N3O/c1-10-6-12(15)9-13(7-10)17-4-2-11(3-5-17)8-14(16)18/h6-7,9,11H,2-5,8,15H2,1H3,(H2,16,18). The van der Waals surface area contributed by atoms with Crippen LogP contribution in [-0.2, 0) is 4.79 Å². The summed E-state index contributed by atoms with van der Waals surface area (Å²) in [7, 11) is 0. The van der Waals surface area contributed by atoms with Gasteiger partial charge in [0.05, 0.1) is 0 Å². The number of amides is 1. The van der Waals surface area contributed by atoms with Gasteiger partial charge in [0.15, 0.2) is 0 Å². The fraction of sp³-hybridized carbons (Fsp3) is 0.500. The molecule has 4 nitrogen and oxygen atoms in total. The number of anilines is 2. The number of rotatable bonds is 3. The van der Waals surface area contributed by atoms with Gasteiger partial charge in [-0.25, -0.2) is 0 Å². The number of primary amides is 1. The molecule has 0 aliphatic carbocycles. The highest BCUT2D eigenvalue weighted by Crippen LogP contribution is 2.27. The van der Waals surface area contributed by atoms with E-state index in [1.54, 1.807) is 0 Å². The van der Waals surface area contributed by atoms with Crippen molar-refractivity contribution in [1.82, 2.24) is 0 Å². The first-order chi connectivity index (χ1) is 8.54. The number of piperidine rings is 1. The van der Waals surface area contributed by atoms with Gasteiger partial charge in [-0.1, -0.05) is 0 Å². The number of carbonyl (C=O) groups excluding carboxylic acids is 1. The maximum atomic E-state index is 10.9. The van der Waals surface area contributed by atoms with Crippen molar-refractivity contribution in [3.63, 3.8) is 0 Å². The van der Waals surface area contributed by atoms with Gasteiger partial charge in [0.2, 0.25) is 5.91 Å². The van der Waals surface area contributed by atoms with Crippen LogP contribution in [0.5, 0.6) is 0 Å². The number of hydrogen-bond acceptors (Lipinski definition) is 3. The molecule has 1 amide bonds. The first-order valence-electron chi connectivity index (χ1n) is 6.45. The molecule has 0 unspecified atom stereocenters. The molecule has 2 rings (SSSR count). The molecule has 0 radical (unpaired) electrons. The van der Waals surface area contributed by atoms with E-state index >= 15 is 0 Å². The molecule has 1 fully saturated rings. The summed E-state index contributed by atoms with van der Waals surface area (Å²) in [6.45, 7) is 4.00. The number of benzene rings is 1. The quantitative estimate of drug-likeness (QED) is 0.798. The first-order valence-corrected chi connectivity index (χ1v) is 6.45. The Morgan fingerprint density at radius 2 is 2.00 bits per heavy atom. The van der Waals surface area contributed by atoms with Gasteiger partial charge in [-0.2, -0.15) is 0 Å². The van der Waals surface area contributed by atoms with E-state index in [-0.39, 0.29) is 5.91 Å². The van der Waals surface area contributed by atoms with Crippen molar-refractivity contribution >= 4 is 17.3 Å². The SMILES string of the molecule is Cc1cc(N)cc(N2CCC(CC(N)=O)CC2)c1. The zero-order chi connectivity index (χ0) is 13.1. The normalized spacial score (nSPS) is 16.8. The lowest BCUT2D eigenvalue weighted by Gasteiger charge is -2.33. The molecule has 1 aromatic carbocycles. The third kappa shape index (κ3) is 3.15. The smallest absolute Gasteiger partial charge is 0.217 e. The molecule has 4 heteroatoms. The first kappa shape index (κ1) is 12.7. The molecule has 1 aromatic rings. The maximum Gasteiger partial charge on any atom is 0.217 e. The van der Waals surface area contributed by atoms with Gasteiger partial charge in [-0.05, 0) is 49.4 Å². The highest BCUT2D eigenvalue weighted by atomic mass is 16.1. The maximum absolute atomic E-state index is 10.9. The predicted octanol–water partition coefficient (Wildman–Crippen LogP) is 1.67. The highest BCUT2D eigenvalue weighted by Gasteiger charge is 2.21. The average molecular weight is 247 g/mol. The van der Waals surface area contributed by atoms with E-state index in [1.807, 2.05) is 12.1 Å². The van der Waals surface area contributed by atoms with Crippen LogP contribution in [0.25, 0.3) is 0 Å². The molecule has 98 valence electrons. The van der Waals surface area contributed by atoms with Crippen LogP contribution in [0.1, 0.15) is 24.8 Å². The molecule has 1 heterocycles. The van der Waals surface area contributed by atoms with Crippen LogP contribution in [0.4, 0.5) is 11.4 Å². The van der Waals surface area contributed by atoms with E-state index < -0.39 is 0 Å². The average Bonchev–Trinajstić information content (AvgIpc) is 2.27. The second kappa shape index (κ2) is 5.29. The Kier molecular flexibility index (Phi) is 3.75. The third-order valence-electron chi connectivity index (χ3n) is 3.55. The van der Waals surface area contributed by atoms with Crippen molar-refractivity contribution in [3.8, 4) is 0 Å². The lowest BCUT2D eigenvalue weighted by Crippen LogP contribution is -2.35. The summed E-state index contributed by atoms with van der Waals surface area (Å²) in [6, 6.07) is 6.15. The van der Waals surface area contributed by atoms with Crippen molar-refractivity contribution in [1.29, 1.82) is 0 Å². The fourth-order valence-corrected chi connectivity index (χ4v) is 2.65. The topological polar surface area (TPSA) is 72.3 Å². The summed E-state index contributed by atoms with van der Waals surface area (Å²) in [5, 5.41) is 0. The number of carbonyl (C=O) groups is 1. The van der Waals surface area contributed by atoms with Gasteiger partial charge in [0.25, 0.3) is 0 Å². The lowest BCUT2D eigenvalue weighted by atomic mass is 9.93. The van der Waals surface area contributed by atoms with Gasteiger partial charge in [-0.3, -0.25) is 4.79 Å². The monoisotopic (exact) mass is 247 g/mol. The summed E-state index contributed by atoms with van der Waals surface area (Å²) in [5.74, 6) is 0.258. The van der Waals surface area contributed by atoms with E-state index in [9.17, 15) is 4.79 Å². The molecule has 0 aromatic heterocycles. The summed E-state index contributed by atoms with van der Waals surface area (Å²) < 4.78 is 0. The second-order valence-corrected chi connectivity index (χ2v) is 5.20. The van der Waals surface area contributed by atoms with Crippen molar-refractivity contribution in [2.75, 3.05) is 23.7 Å². The Hall–Kier alpha value is -1.71. The Balaban J connectivity index is 1.98. The number of aryl methyl sites for hydroxylation is 1. The number of nitrogen functional groups attached to an aromatic ring is 1. The molecule has 1 aliphatic heterocycles. The summed E-state index contributed by atoms with van der Waals surface area (Å²) >= 11 is 0. The molecule has 4 N–H and O–H groups in total. The van der Waals surface area contributed by atoms with Crippen LogP contribution < -0.4 is 16.4 Å². The van der Waals surface area contributed by atoms with Crippen molar-refractivity contribution < 1.29 is 4.79 Å². The molecule has 0 atom stereocenters. The second-order valence-electron chi connectivity index (χ2n) is 5.20. The van der Waals surface area contributed by atoms with Crippen molar-refractivity contribution in [2.24, 2.45) is 11.7 Å². The summed E-state index contributed by atoms with van der Waals surface area (Å²) in [6.07, 6.45) is 2.57. The Bertz CT molecular complexity index is 416.